The molecule has 0 saturated heterocycles. The van der Waals surface area contributed by atoms with Crippen molar-refractivity contribution in [1.82, 2.24) is 26.6 Å². The summed E-state index contributed by atoms with van der Waals surface area (Å²) in [5.74, 6) is -2.90. The third-order valence-electron chi connectivity index (χ3n) is 9.90. The molecule has 0 radical (unpaired) electrons. The monoisotopic (exact) mass is 705 g/mol. The summed E-state index contributed by atoms with van der Waals surface area (Å²) in [7, 11) is 0. The van der Waals surface area contributed by atoms with Crippen LogP contribution in [0.2, 0.25) is 0 Å². The molecule has 4 amide bonds. The maximum atomic E-state index is 13.4. The van der Waals surface area contributed by atoms with Gasteiger partial charge in [0.1, 0.15) is 18.1 Å². The molecule has 1 aliphatic heterocycles. The van der Waals surface area contributed by atoms with Crippen LogP contribution < -0.4 is 26.6 Å². The van der Waals surface area contributed by atoms with Gasteiger partial charge in [0, 0.05) is 13.0 Å². The Morgan fingerprint density at radius 3 is 2.14 bits per heavy atom. The number of aliphatic hydroxyl groups excluding tert-OH is 1. The molecule has 4 rings (SSSR count). The van der Waals surface area contributed by atoms with Crippen molar-refractivity contribution in [2.24, 2.45) is 11.8 Å². The van der Waals surface area contributed by atoms with E-state index in [9.17, 15) is 34.2 Å². The quantitative estimate of drug-likeness (QED) is 0.131. The number of rotatable bonds is 17. The molecule has 12 nitrogen and oxygen atoms in total. The molecular weight excluding hydrogens is 650 g/mol. The number of fused-ring (bicyclic) bond motifs is 1. The molecule has 6 atom stereocenters. The van der Waals surface area contributed by atoms with Crippen LogP contribution in [0.5, 0.6) is 0 Å². The minimum Gasteiger partial charge on any atom is -0.480 e. The number of carbonyl (C=O) groups excluding carboxylic acids is 4. The van der Waals surface area contributed by atoms with Gasteiger partial charge in [0.25, 0.3) is 0 Å². The second-order valence-corrected chi connectivity index (χ2v) is 14.6. The highest BCUT2D eigenvalue weighted by molar-refractivity contribution is 5.91. The normalized spacial score (nSPS) is 19.0. The zero-order valence-electron chi connectivity index (χ0n) is 30.0. The molecule has 0 spiro atoms. The van der Waals surface area contributed by atoms with Gasteiger partial charge in [-0.3, -0.25) is 19.2 Å². The number of benzene rings is 2. The third-order valence-corrected chi connectivity index (χ3v) is 9.90. The molecule has 2 aliphatic rings. The molecule has 51 heavy (non-hydrogen) atoms. The van der Waals surface area contributed by atoms with Crippen LogP contribution in [0.1, 0.15) is 88.8 Å². The number of aliphatic carboxylic acids is 1. The molecule has 1 saturated carbocycles. The molecule has 1 fully saturated rings. The van der Waals surface area contributed by atoms with Crippen molar-refractivity contribution < 1.29 is 34.2 Å². The molecule has 278 valence electrons. The number of amides is 4. The lowest BCUT2D eigenvalue weighted by atomic mass is 9.83. The number of carboxylic acid groups (broad SMARTS) is 1. The molecule has 0 bridgehead atoms. The van der Waals surface area contributed by atoms with Gasteiger partial charge in [-0.2, -0.15) is 0 Å². The van der Waals surface area contributed by atoms with E-state index < -0.39 is 60.0 Å². The summed E-state index contributed by atoms with van der Waals surface area (Å²) in [6.45, 7) is 5.93. The van der Waals surface area contributed by atoms with Crippen LogP contribution in [0.15, 0.2) is 54.6 Å². The van der Waals surface area contributed by atoms with Crippen LogP contribution >= 0.6 is 0 Å². The van der Waals surface area contributed by atoms with Crippen LogP contribution in [0, 0.1) is 11.8 Å². The van der Waals surface area contributed by atoms with E-state index in [1.165, 1.54) is 0 Å². The van der Waals surface area contributed by atoms with Crippen molar-refractivity contribution in [1.29, 1.82) is 0 Å². The molecule has 12 heteroatoms. The van der Waals surface area contributed by atoms with Crippen molar-refractivity contribution >= 4 is 29.6 Å². The van der Waals surface area contributed by atoms with Crippen molar-refractivity contribution in [3.63, 3.8) is 0 Å². The fraction of sp³-hybridized carbons (Fsp3) is 0.564. The fourth-order valence-corrected chi connectivity index (χ4v) is 7.03. The standard InChI is InChI=1S/C39H55N5O7/c1-24(2)18-32(38(49)44-33(39(50)51)20-27-14-8-5-9-15-27)42-35(46)22-34(45)30(19-26-12-6-4-7-13-26)43-36(47)25(3)41-37(48)31-21-28-16-10-11-17-29(28)23-40-31/h5,8-11,14-17,24-26,30-34,40,45H,4,6-7,12-13,18-23H2,1-3H3,(H,41,48)(H,42,46)(H,43,47)(H,44,49)(H,50,51)/t25-,30-,31?,32-,33-,34-/m0/s1. The minimum atomic E-state index is -1.26. The highest BCUT2D eigenvalue weighted by Gasteiger charge is 2.33. The molecule has 7 N–H and O–H groups in total. The lowest BCUT2D eigenvalue weighted by Crippen LogP contribution is -2.56. The topological polar surface area (TPSA) is 186 Å². The van der Waals surface area contributed by atoms with Gasteiger partial charge in [-0.15, -0.1) is 0 Å². The maximum absolute atomic E-state index is 13.4. The molecule has 1 heterocycles. The number of carbonyl (C=O) groups is 5. The average Bonchev–Trinajstić information content (AvgIpc) is 3.11. The van der Waals surface area contributed by atoms with Crippen molar-refractivity contribution in [3.05, 3.63) is 71.3 Å². The zero-order chi connectivity index (χ0) is 36.9. The first-order valence-corrected chi connectivity index (χ1v) is 18.3. The van der Waals surface area contributed by atoms with Gasteiger partial charge in [-0.1, -0.05) is 101 Å². The van der Waals surface area contributed by atoms with Gasteiger partial charge < -0.3 is 36.8 Å². The fourth-order valence-electron chi connectivity index (χ4n) is 7.03. The van der Waals surface area contributed by atoms with E-state index in [0.29, 0.717) is 19.4 Å². The Kier molecular flexibility index (Phi) is 15.0. The summed E-state index contributed by atoms with van der Waals surface area (Å²) in [6.07, 6.45) is 4.83. The molecule has 1 aliphatic carbocycles. The van der Waals surface area contributed by atoms with Crippen LogP contribution in [0.4, 0.5) is 0 Å². The lowest BCUT2D eigenvalue weighted by Gasteiger charge is -2.31. The predicted octanol–water partition coefficient (Wildman–Crippen LogP) is 2.75. The summed E-state index contributed by atoms with van der Waals surface area (Å²) in [5, 5.41) is 35.4. The van der Waals surface area contributed by atoms with Gasteiger partial charge in [0.05, 0.1) is 24.6 Å². The first kappa shape index (κ1) is 39.5. The van der Waals surface area contributed by atoms with Gasteiger partial charge in [-0.05, 0) is 54.7 Å². The Labute approximate surface area is 300 Å². The van der Waals surface area contributed by atoms with Gasteiger partial charge in [-0.25, -0.2) is 4.79 Å². The van der Waals surface area contributed by atoms with E-state index in [-0.39, 0.29) is 37.0 Å². The van der Waals surface area contributed by atoms with Gasteiger partial charge in [0.15, 0.2) is 0 Å². The summed E-state index contributed by atoms with van der Waals surface area (Å²) in [5.41, 5.74) is 2.97. The minimum absolute atomic E-state index is 0.00281. The number of hydrogen-bond donors (Lipinski definition) is 7. The summed E-state index contributed by atoms with van der Waals surface area (Å²) < 4.78 is 0. The molecule has 2 aromatic rings. The van der Waals surface area contributed by atoms with Crippen LogP contribution in [0.3, 0.4) is 0 Å². The van der Waals surface area contributed by atoms with E-state index in [1.54, 1.807) is 31.2 Å². The molecule has 1 unspecified atom stereocenters. The third kappa shape index (κ3) is 12.5. The summed E-state index contributed by atoms with van der Waals surface area (Å²) in [6, 6.07) is 12.5. The second kappa shape index (κ2) is 19.4. The van der Waals surface area contributed by atoms with Gasteiger partial charge in [0.2, 0.25) is 23.6 Å². The number of hydrogen-bond acceptors (Lipinski definition) is 7. The average molecular weight is 706 g/mol. The summed E-state index contributed by atoms with van der Waals surface area (Å²) >= 11 is 0. The van der Waals surface area contributed by atoms with E-state index in [0.717, 1.165) is 48.8 Å². The lowest BCUT2D eigenvalue weighted by molar-refractivity contribution is -0.142. The molecule has 0 aromatic heterocycles. The largest absolute Gasteiger partial charge is 0.480 e. The maximum Gasteiger partial charge on any atom is 0.326 e. The zero-order valence-corrected chi connectivity index (χ0v) is 30.0. The Balaban J connectivity index is 1.37. The van der Waals surface area contributed by atoms with E-state index >= 15 is 0 Å². The van der Waals surface area contributed by atoms with Crippen LogP contribution in [-0.4, -0.2) is 76.1 Å². The van der Waals surface area contributed by atoms with E-state index in [2.05, 4.69) is 26.6 Å². The molecule has 2 aromatic carbocycles. The van der Waals surface area contributed by atoms with Crippen molar-refractivity contribution in [2.75, 3.05) is 0 Å². The SMILES string of the molecule is CC(C)C[C@H](NC(=O)C[C@H](O)[C@H](CC1CCCCC1)NC(=O)[C@H](C)NC(=O)C1Cc2ccccc2CN1)C(=O)N[C@@H](Cc1ccccc1)C(=O)O. The Morgan fingerprint density at radius 2 is 1.47 bits per heavy atom. The Bertz CT molecular complexity index is 1480. The van der Waals surface area contributed by atoms with Crippen LogP contribution in [-0.2, 0) is 43.4 Å². The molecular formula is C39H55N5O7. The Morgan fingerprint density at radius 1 is 0.804 bits per heavy atom. The Hall–Kier alpha value is -4.29. The smallest absolute Gasteiger partial charge is 0.326 e. The number of carboxylic acids is 1. The van der Waals surface area contributed by atoms with E-state index in [4.69, 9.17) is 0 Å². The highest BCUT2D eigenvalue weighted by Crippen LogP contribution is 2.28. The first-order valence-electron chi connectivity index (χ1n) is 18.3. The van der Waals surface area contributed by atoms with Crippen molar-refractivity contribution in [2.45, 2.75) is 128 Å². The first-order chi connectivity index (χ1) is 24.4. The number of aliphatic hydroxyl groups is 1. The predicted molar refractivity (Wildman–Crippen MR) is 193 cm³/mol. The number of nitrogens with one attached hydrogen (secondary N) is 5. The van der Waals surface area contributed by atoms with Crippen molar-refractivity contribution in [3.8, 4) is 0 Å². The highest BCUT2D eigenvalue weighted by atomic mass is 16.4. The summed E-state index contributed by atoms with van der Waals surface area (Å²) in [4.78, 5) is 65.2. The van der Waals surface area contributed by atoms with Crippen LogP contribution in [0.25, 0.3) is 0 Å². The second-order valence-electron chi connectivity index (χ2n) is 14.6. The van der Waals surface area contributed by atoms with E-state index in [1.807, 2.05) is 44.2 Å². The van der Waals surface area contributed by atoms with Gasteiger partial charge >= 0.3 is 5.97 Å².